The van der Waals surface area contributed by atoms with E-state index in [1.54, 1.807) is 6.20 Å². The lowest BCUT2D eigenvalue weighted by Gasteiger charge is -2.17. The number of hydrogen-bond acceptors (Lipinski definition) is 5. The molecule has 6 nitrogen and oxygen atoms in total. The van der Waals surface area contributed by atoms with Gasteiger partial charge in [0.15, 0.2) is 0 Å². The number of aromatic nitrogens is 2. The van der Waals surface area contributed by atoms with Gasteiger partial charge in [-0.1, -0.05) is 6.07 Å². The van der Waals surface area contributed by atoms with Crippen LogP contribution in [0.3, 0.4) is 0 Å². The van der Waals surface area contributed by atoms with Crippen LogP contribution in [-0.4, -0.2) is 51.6 Å². The molecule has 0 amide bonds. The molecule has 1 aromatic carbocycles. The topological polar surface area (TPSA) is 78.3 Å². The van der Waals surface area contributed by atoms with E-state index in [0.29, 0.717) is 24.5 Å². The Bertz CT molecular complexity index is 807. The molecule has 2 N–H and O–H groups in total. The lowest BCUT2D eigenvalue weighted by molar-refractivity contribution is -0.131. The van der Waals surface area contributed by atoms with Gasteiger partial charge in [0.25, 0.3) is 0 Å². The molecule has 1 aromatic heterocycles. The van der Waals surface area contributed by atoms with Gasteiger partial charge < -0.3 is 15.3 Å². The number of anilines is 1. The second kappa shape index (κ2) is 8.68. The number of halogens is 2. The van der Waals surface area contributed by atoms with Crippen molar-refractivity contribution in [2.45, 2.75) is 18.9 Å². The van der Waals surface area contributed by atoms with E-state index in [-0.39, 0.29) is 11.6 Å². The highest BCUT2D eigenvalue weighted by Crippen LogP contribution is 2.17. The number of likely N-dealkylation sites (tertiary alicyclic amines) is 1. The lowest BCUT2D eigenvalue weighted by Crippen LogP contribution is -2.28. The number of carboxylic acids is 1. The molecule has 27 heavy (non-hydrogen) atoms. The normalized spacial score (nSPS) is 17.5. The maximum Gasteiger partial charge on any atom is 0.328 e. The van der Waals surface area contributed by atoms with Gasteiger partial charge in [-0.2, -0.15) is 0 Å². The molecule has 1 saturated heterocycles. The zero-order chi connectivity index (χ0) is 19.2. The molecule has 0 spiro atoms. The van der Waals surface area contributed by atoms with Crippen molar-refractivity contribution < 1.29 is 18.7 Å². The molecule has 1 atom stereocenters. The van der Waals surface area contributed by atoms with Crippen LogP contribution in [0.25, 0.3) is 6.08 Å². The second-order valence-electron chi connectivity index (χ2n) is 6.38. The monoisotopic (exact) mass is 374 g/mol. The summed E-state index contributed by atoms with van der Waals surface area (Å²) in [5.41, 5.74) is 0.590. The fourth-order valence-electron chi connectivity index (χ4n) is 3.06. The van der Waals surface area contributed by atoms with Crippen LogP contribution in [0, 0.1) is 11.6 Å². The molecule has 2 heterocycles. The summed E-state index contributed by atoms with van der Waals surface area (Å²) in [5, 5.41) is 11.9. The SMILES string of the molecule is O=C(O)/C=C/c1cnc(N[C@@H]2CCN(CCc3c(F)cccc3F)C2)cn1. The maximum atomic E-state index is 13.7. The zero-order valence-corrected chi connectivity index (χ0v) is 14.6. The Balaban J connectivity index is 1.49. The predicted molar refractivity (Wildman–Crippen MR) is 97.2 cm³/mol. The Kier molecular flexibility index (Phi) is 6.08. The van der Waals surface area contributed by atoms with Crippen molar-refractivity contribution in [2.75, 3.05) is 25.0 Å². The van der Waals surface area contributed by atoms with Crippen molar-refractivity contribution in [3.05, 3.63) is 59.6 Å². The van der Waals surface area contributed by atoms with E-state index >= 15 is 0 Å². The average molecular weight is 374 g/mol. The van der Waals surface area contributed by atoms with Crippen LogP contribution in [0.15, 0.2) is 36.7 Å². The molecule has 3 rings (SSSR count). The smallest absolute Gasteiger partial charge is 0.328 e. The molecular formula is C19H20F2N4O2. The predicted octanol–water partition coefficient (Wildman–Crippen LogP) is 2.58. The molecule has 8 heteroatoms. The fraction of sp³-hybridized carbons (Fsp3) is 0.316. The van der Waals surface area contributed by atoms with Gasteiger partial charge in [0.2, 0.25) is 0 Å². The molecular weight excluding hydrogens is 354 g/mol. The Hall–Kier alpha value is -2.87. The molecule has 0 bridgehead atoms. The number of aliphatic carboxylic acids is 1. The van der Waals surface area contributed by atoms with Crippen molar-refractivity contribution in [3.63, 3.8) is 0 Å². The van der Waals surface area contributed by atoms with Crippen LogP contribution in [0.5, 0.6) is 0 Å². The number of benzene rings is 1. The Morgan fingerprint density at radius 2 is 2.07 bits per heavy atom. The first-order valence-corrected chi connectivity index (χ1v) is 8.66. The van der Waals surface area contributed by atoms with Crippen molar-refractivity contribution in [2.24, 2.45) is 0 Å². The largest absolute Gasteiger partial charge is 0.478 e. The summed E-state index contributed by atoms with van der Waals surface area (Å²) in [6.45, 7) is 2.17. The van der Waals surface area contributed by atoms with Crippen LogP contribution < -0.4 is 5.32 Å². The Morgan fingerprint density at radius 3 is 2.74 bits per heavy atom. The molecule has 1 fully saturated rings. The zero-order valence-electron chi connectivity index (χ0n) is 14.6. The van der Waals surface area contributed by atoms with Gasteiger partial charge in [-0.15, -0.1) is 0 Å². The first-order valence-electron chi connectivity index (χ1n) is 8.66. The van der Waals surface area contributed by atoms with Crippen LogP contribution in [-0.2, 0) is 11.2 Å². The standard InChI is InChI=1S/C19H20F2N4O2/c20-16-2-1-3-17(21)15(16)7-9-25-8-6-14(12-25)24-18-11-22-13(10-23-18)4-5-19(26)27/h1-5,10-11,14H,6-9,12H2,(H,23,24)(H,26,27)/b5-4+/t14-/m1/s1. The summed E-state index contributed by atoms with van der Waals surface area (Å²) >= 11 is 0. The van der Waals surface area contributed by atoms with E-state index in [2.05, 4.69) is 20.2 Å². The van der Waals surface area contributed by atoms with E-state index in [0.717, 1.165) is 25.6 Å². The fourth-order valence-corrected chi connectivity index (χ4v) is 3.06. The molecule has 2 aromatic rings. The van der Waals surface area contributed by atoms with Crippen LogP contribution in [0.1, 0.15) is 17.7 Å². The summed E-state index contributed by atoms with van der Waals surface area (Å²) in [5.74, 6) is -1.44. The highest BCUT2D eigenvalue weighted by molar-refractivity contribution is 5.84. The molecule has 1 aliphatic rings. The van der Waals surface area contributed by atoms with E-state index in [1.807, 2.05) is 0 Å². The highest BCUT2D eigenvalue weighted by Gasteiger charge is 2.23. The van der Waals surface area contributed by atoms with E-state index in [9.17, 15) is 13.6 Å². The Labute approximate surface area is 155 Å². The summed E-state index contributed by atoms with van der Waals surface area (Å²) in [4.78, 5) is 21.0. The van der Waals surface area contributed by atoms with Crippen LogP contribution in [0.2, 0.25) is 0 Å². The van der Waals surface area contributed by atoms with Gasteiger partial charge in [0.05, 0.1) is 18.1 Å². The number of carboxylic acid groups (broad SMARTS) is 1. The van der Waals surface area contributed by atoms with Gasteiger partial charge in [-0.05, 0) is 31.1 Å². The molecule has 0 aliphatic carbocycles. The summed E-state index contributed by atoms with van der Waals surface area (Å²) in [7, 11) is 0. The number of rotatable bonds is 7. The first kappa shape index (κ1) is 18.9. The van der Waals surface area contributed by atoms with Crippen molar-refractivity contribution >= 4 is 17.9 Å². The Morgan fingerprint density at radius 1 is 1.30 bits per heavy atom. The average Bonchev–Trinajstić information content (AvgIpc) is 3.08. The minimum atomic E-state index is -1.04. The minimum Gasteiger partial charge on any atom is -0.478 e. The van der Waals surface area contributed by atoms with Gasteiger partial charge >= 0.3 is 5.97 Å². The van der Waals surface area contributed by atoms with E-state index in [4.69, 9.17) is 5.11 Å². The van der Waals surface area contributed by atoms with Gasteiger partial charge in [0, 0.05) is 37.3 Å². The lowest BCUT2D eigenvalue weighted by atomic mass is 10.1. The number of carbonyl (C=O) groups is 1. The quantitative estimate of drug-likeness (QED) is 0.726. The maximum absolute atomic E-state index is 13.7. The third-order valence-corrected chi connectivity index (χ3v) is 4.43. The first-order chi connectivity index (χ1) is 13.0. The summed E-state index contributed by atoms with van der Waals surface area (Å²) in [6, 6.07) is 4.10. The second-order valence-corrected chi connectivity index (χ2v) is 6.38. The number of hydrogen-bond donors (Lipinski definition) is 2. The van der Waals surface area contributed by atoms with Crippen molar-refractivity contribution in [1.82, 2.24) is 14.9 Å². The molecule has 0 radical (unpaired) electrons. The summed E-state index contributed by atoms with van der Waals surface area (Å²) < 4.78 is 27.4. The molecule has 142 valence electrons. The summed E-state index contributed by atoms with van der Waals surface area (Å²) in [6.07, 6.45) is 6.65. The van der Waals surface area contributed by atoms with Crippen LogP contribution in [0.4, 0.5) is 14.6 Å². The van der Waals surface area contributed by atoms with Crippen molar-refractivity contribution in [1.29, 1.82) is 0 Å². The van der Waals surface area contributed by atoms with Crippen LogP contribution >= 0.6 is 0 Å². The van der Waals surface area contributed by atoms with Gasteiger partial charge in [0.1, 0.15) is 17.5 Å². The van der Waals surface area contributed by atoms with E-state index < -0.39 is 17.6 Å². The van der Waals surface area contributed by atoms with Crippen molar-refractivity contribution in [3.8, 4) is 0 Å². The van der Waals surface area contributed by atoms with E-state index in [1.165, 1.54) is 30.5 Å². The highest BCUT2D eigenvalue weighted by atomic mass is 19.1. The van der Waals surface area contributed by atoms with Gasteiger partial charge in [-0.25, -0.2) is 18.6 Å². The minimum absolute atomic E-state index is 0.129. The van der Waals surface area contributed by atoms with Gasteiger partial charge in [-0.3, -0.25) is 4.98 Å². The molecule has 1 aliphatic heterocycles. The molecule has 0 saturated carbocycles. The number of nitrogens with zero attached hydrogens (tertiary/aromatic N) is 3. The number of nitrogens with one attached hydrogen (secondary N) is 1. The molecule has 0 unspecified atom stereocenters. The third-order valence-electron chi connectivity index (χ3n) is 4.43. The third kappa shape index (κ3) is 5.30.